The number of thioether (sulfide) groups is 1. The number of hydrogen-bond donors (Lipinski definition) is 2. The smallest absolute Gasteiger partial charge is 0.327 e. The van der Waals surface area contributed by atoms with Crippen molar-refractivity contribution in [1.82, 2.24) is 19.9 Å². The van der Waals surface area contributed by atoms with Gasteiger partial charge in [0.25, 0.3) is 0 Å². The number of nitrogens with two attached hydrogens (primary N) is 1. The first-order valence-corrected chi connectivity index (χ1v) is 6.82. The van der Waals surface area contributed by atoms with Crippen molar-refractivity contribution in [2.45, 2.75) is 31.4 Å². The topological polar surface area (TPSA) is 114 Å². The summed E-state index contributed by atoms with van der Waals surface area (Å²) in [4.78, 5) is 24.7. The number of carboxylic acids is 1. The lowest BCUT2D eigenvalue weighted by Gasteiger charge is -2.24. The molecule has 2 heterocycles. The highest BCUT2D eigenvalue weighted by atomic mass is 32.2. The number of carbonyl (C=O) groups is 2. The van der Waals surface area contributed by atoms with E-state index in [0.29, 0.717) is 11.4 Å². The predicted octanol–water partition coefficient (Wildman–Crippen LogP) is -0.889. The van der Waals surface area contributed by atoms with Crippen molar-refractivity contribution < 1.29 is 14.7 Å². The molecule has 104 valence electrons. The molecule has 3 N–H and O–H groups in total. The summed E-state index contributed by atoms with van der Waals surface area (Å²) in [6.45, 7) is 2.04. The predicted molar refractivity (Wildman–Crippen MR) is 68.1 cm³/mol. The van der Waals surface area contributed by atoms with Gasteiger partial charge in [0, 0.05) is 12.3 Å². The van der Waals surface area contributed by atoms with Gasteiger partial charge in [-0.2, -0.15) is 0 Å². The first kappa shape index (κ1) is 13.8. The van der Waals surface area contributed by atoms with Gasteiger partial charge in [0.1, 0.15) is 12.6 Å². The fraction of sp³-hybridized carbons (Fsp3) is 0.600. The Kier molecular flexibility index (Phi) is 4.05. The van der Waals surface area contributed by atoms with Crippen LogP contribution in [0, 0.1) is 0 Å². The zero-order valence-corrected chi connectivity index (χ0v) is 11.2. The van der Waals surface area contributed by atoms with E-state index in [9.17, 15) is 9.59 Å². The Morgan fingerprint density at radius 1 is 1.63 bits per heavy atom. The Morgan fingerprint density at radius 3 is 2.95 bits per heavy atom. The van der Waals surface area contributed by atoms with Crippen LogP contribution in [0.3, 0.4) is 0 Å². The summed E-state index contributed by atoms with van der Waals surface area (Å²) in [7, 11) is 0. The van der Waals surface area contributed by atoms with Crippen molar-refractivity contribution in [3.05, 3.63) is 11.9 Å². The van der Waals surface area contributed by atoms with E-state index in [2.05, 4.69) is 10.3 Å². The van der Waals surface area contributed by atoms with E-state index < -0.39 is 12.0 Å². The molecule has 19 heavy (non-hydrogen) atoms. The second-order valence-electron chi connectivity index (χ2n) is 4.20. The molecule has 0 radical (unpaired) electrons. The third kappa shape index (κ3) is 2.87. The number of nitrogens with zero attached hydrogens (tertiary/aromatic N) is 4. The second-order valence-corrected chi connectivity index (χ2v) is 5.55. The number of rotatable bonds is 4. The van der Waals surface area contributed by atoms with E-state index in [1.165, 1.54) is 21.3 Å². The highest BCUT2D eigenvalue weighted by Crippen LogP contribution is 2.28. The molecular formula is C10H15N5O3S. The maximum absolute atomic E-state index is 12.2. The van der Waals surface area contributed by atoms with E-state index in [1.807, 2.05) is 6.92 Å². The fourth-order valence-corrected chi connectivity index (χ4v) is 3.13. The monoisotopic (exact) mass is 285 g/mol. The van der Waals surface area contributed by atoms with Crippen molar-refractivity contribution >= 4 is 23.6 Å². The summed E-state index contributed by atoms with van der Waals surface area (Å²) in [6.07, 6.45) is 1.58. The van der Waals surface area contributed by atoms with Crippen molar-refractivity contribution in [2.75, 3.05) is 5.75 Å². The molecule has 1 aliphatic rings. The lowest BCUT2D eigenvalue weighted by atomic mass is 10.2. The lowest BCUT2D eigenvalue weighted by Crippen LogP contribution is -2.46. The highest BCUT2D eigenvalue weighted by Gasteiger charge is 2.39. The van der Waals surface area contributed by atoms with Gasteiger partial charge >= 0.3 is 5.97 Å². The van der Waals surface area contributed by atoms with E-state index in [1.54, 1.807) is 6.20 Å². The summed E-state index contributed by atoms with van der Waals surface area (Å²) in [5.41, 5.74) is 6.00. The minimum absolute atomic E-state index is 0.0261. The molecular weight excluding hydrogens is 270 g/mol. The van der Waals surface area contributed by atoms with Crippen LogP contribution in [-0.2, 0) is 22.7 Å². The minimum atomic E-state index is -0.980. The van der Waals surface area contributed by atoms with Crippen LogP contribution in [0.15, 0.2) is 6.20 Å². The Hall–Kier alpha value is -1.61. The molecule has 1 aromatic rings. The molecule has 1 aromatic heterocycles. The van der Waals surface area contributed by atoms with Gasteiger partial charge in [0.2, 0.25) is 5.91 Å². The summed E-state index contributed by atoms with van der Waals surface area (Å²) in [6, 6.07) is -0.773. The lowest BCUT2D eigenvalue weighted by molar-refractivity contribution is -0.149. The summed E-state index contributed by atoms with van der Waals surface area (Å²) >= 11 is 1.45. The molecule has 1 aliphatic heterocycles. The minimum Gasteiger partial charge on any atom is -0.480 e. The maximum Gasteiger partial charge on any atom is 0.327 e. The molecule has 2 rings (SSSR count). The van der Waals surface area contributed by atoms with Crippen molar-refractivity contribution in [3.63, 3.8) is 0 Å². The molecule has 2 unspecified atom stereocenters. The third-order valence-corrected chi connectivity index (χ3v) is 4.11. The molecule has 1 saturated heterocycles. The highest BCUT2D eigenvalue weighted by molar-refractivity contribution is 8.00. The van der Waals surface area contributed by atoms with Crippen LogP contribution in [0.2, 0.25) is 0 Å². The summed E-state index contributed by atoms with van der Waals surface area (Å²) in [5, 5.41) is 16.5. The molecule has 1 amide bonds. The second kappa shape index (κ2) is 5.57. The average Bonchev–Trinajstić information content (AvgIpc) is 2.95. The molecule has 0 bridgehead atoms. The van der Waals surface area contributed by atoms with Gasteiger partial charge in [-0.05, 0) is 6.92 Å². The van der Waals surface area contributed by atoms with Crippen LogP contribution < -0.4 is 5.73 Å². The normalized spacial score (nSPS) is 22.7. The molecule has 2 atom stereocenters. The number of aliphatic carboxylic acids is 1. The van der Waals surface area contributed by atoms with Gasteiger partial charge in [0.05, 0.1) is 17.3 Å². The van der Waals surface area contributed by atoms with Crippen LogP contribution in [0.4, 0.5) is 0 Å². The SMILES string of the molecule is CC1SCC(C(=O)O)N1C(=O)Cn1cc(CN)nn1. The first-order valence-electron chi connectivity index (χ1n) is 5.77. The Labute approximate surface area is 113 Å². The molecule has 0 spiro atoms. The van der Waals surface area contributed by atoms with Crippen molar-refractivity contribution in [3.8, 4) is 0 Å². The van der Waals surface area contributed by atoms with E-state index in [0.717, 1.165) is 0 Å². The molecule has 0 aromatic carbocycles. The number of carboxylic acid groups (broad SMARTS) is 1. The average molecular weight is 285 g/mol. The number of hydrogen-bond acceptors (Lipinski definition) is 6. The van der Waals surface area contributed by atoms with Gasteiger partial charge in [-0.25, -0.2) is 9.48 Å². The maximum atomic E-state index is 12.2. The van der Waals surface area contributed by atoms with Crippen LogP contribution in [-0.4, -0.2) is 54.0 Å². The van der Waals surface area contributed by atoms with Gasteiger partial charge in [-0.1, -0.05) is 5.21 Å². The quantitative estimate of drug-likeness (QED) is 0.737. The van der Waals surface area contributed by atoms with Crippen LogP contribution >= 0.6 is 11.8 Å². The number of aromatic nitrogens is 3. The van der Waals surface area contributed by atoms with Gasteiger partial charge in [-0.3, -0.25) is 4.79 Å². The molecule has 0 saturated carbocycles. The summed E-state index contributed by atoms with van der Waals surface area (Å²) in [5.74, 6) is -0.849. The molecule has 0 aliphatic carbocycles. The number of amides is 1. The molecule has 9 heteroatoms. The Morgan fingerprint density at radius 2 is 2.37 bits per heavy atom. The fourth-order valence-electron chi connectivity index (χ4n) is 1.94. The van der Waals surface area contributed by atoms with E-state index in [4.69, 9.17) is 10.8 Å². The van der Waals surface area contributed by atoms with E-state index >= 15 is 0 Å². The zero-order chi connectivity index (χ0) is 14.0. The summed E-state index contributed by atoms with van der Waals surface area (Å²) < 4.78 is 1.37. The van der Waals surface area contributed by atoms with Crippen LogP contribution in [0.5, 0.6) is 0 Å². The molecule has 8 nitrogen and oxygen atoms in total. The van der Waals surface area contributed by atoms with Gasteiger partial charge in [-0.15, -0.1) is 16.9 Å². The van der Waals surface area contributed by atoms with Crippen LogP contribution in [0.1, 0.15) is 12.6 Å². The Balaban J connectivity index is 2.07. The standard InChI is InChI=1S/C10H15N5O3S/c1-6-15(8(5-19-6)10(17)18)9(16)4-14-3-7(2-11)12-13-14/h3,6,8H,2,4-5,11H2,1H3,(H,17,18). The Bertz CT molecular complexity index is 491. The van der Waals surface area contributed by atoms with E-state index in [-0.39, 0.29) is 24.4 Å². The van der Waals surface area contributed by atoms with Gasteiger partial charge in [0.15, 0.2) is 0 Å². The van der Waals surface area contributed by atoms with Gasteiger partial charge < -0.3 is 15.7 Å². The van der Waals surface area contributed by atoms with Crippen LogP contribution in [0.25, 0.3) is 0 Å². The van der Waals surface area contributed by atoms with Crippen molar-refractivity contribution in [2.24, 2.45) is 5.73 Å². The number of carbonyl (C=O) groups excluding carboxylic acids is 1. The zero-order valence-electron chi connectivity index (χ0n) is 10.4. The first-order chi connectivity index (χ1) is 9.02. The third-order valence-electron chi connectivity index (χ3n) is 2.89. The van der Waals surface area contributed by atoms with Crippen molar-refractivity contribution in [1.29, 1.82) is 0 Å². The largest absolute Gasteiger partial charge is 0.480 e. The molecule has 1 fully saturated rings.